The Morgan fingerprint density at radius 1 is 1.14 bits per heavy atom. The van der Waals surface area contributed by atoms with Crippen LogP contribution in [0.15, 0.2) is 12.2 Å². The van der Waals surface area contributed by atoms with Gasteiger partial charge in [-0.3, -0.25) is 0 Å². The molecule has 0 amide bonds. The van der Waals surface area contributed by atoms with Crippen LogP contribution >= 0.6 is 0 Å². The number of unbranched alkanes of at least 4 members (excludes halogenated alkanes) is 1. The summed E-state index contributed by atoms with van der Waals surface area (Å²) < 4.78 is 5.76. The van der Waals surface area contributed by atoms with Gasteiger partial charge in [0.15, 0.2) is 0 Å². The molecule has 0 aromatic carbocycles. The van der Waals surface area contributed by atoms with Gasteiger partial charge in [-0.1, -0.05) is 0 Å². The van der Waals surface area contributed by atoms with E-state index >= 15 is 0 Å². The predicted molar refractivity (Wildman–Crippen MR) is 57.9 cm³/mol. The molecule has 0 aliphatic carbocycles. The van der Waals surface area contributed by atoms with E-state index in [1.807, 2.05) is 0 Å². The first-order valence-electron chi connectivity index (χ1n) is 5.23. The van der Waals surface area contributed by atoms with Gasteiger partial charge in [0.2, 0.25) is 0 Å². The summed E-state index contributed by atoms with van der Waals surface area (Å²) in [5, 5.41) is 0. The van der Waals surface area contributed by atoms with Crippen molar-refractivity contribution in [3.05, 3.63) is 12.2 Å². The van der Waals surface area contributed by atoms with Crippen LogP contribution in [-0.4, -0.2) is 10.6 Å². The molecule has 83 valence electrons. The summed E-state index contributed by atoms with van der Waals surface area (Å²) in [5.74, 6) is 0. The van der Waals surface area contributed by atoms with Gasteiger partial charge in [-0.25, -0.2) is 0 Å². The average molecular weight is 367 g/mol. The fraction of sp³-hybridized carbons (Fsp3) is 0.833. The summed E-state index contributed by atoms with van der Waals surface area (Å²) in [6.45, 7) is 11.8. The van der Waals surface area contributed by atoms with Crippen LogP contribution in [0.4, 0.5) is 0 Å². The molecule has 0 atom stereocenters. The van der Waals surface area contributed by atoms with Crippen molar-refractivity contribution in [1.29, 1.82) is 0 Å². The van der Waals surface area contributed by atoms with E-state index in [4.69, 9.17) is 4.74 Å². The topological polar surface area (TPSA) is 9.23 Å². The Hall–Kier alpha value is 0.388. The van der Waals surface area contributed by atoms with Crippen molar-refractivity contribution in [1.82, 2.24) is 0 Å². The summed E-state index contributed by atoms with van der Waals surface area (Å²) >= 11 is 1.50. The van der Waals surface area contributed by atoms with E-state index in [-0.39, 0.29) is 3.99 Å². The number of hydrogen-bond donors (Lipinski definition) is 0. The first-order valence-corrected chi connectivity index (χ1v) is 6.69. The first kappa shape index (κ1) is 14.4. The number of rotatable bonds is 5. The van der Waals surface area contributed by atoms with Crippen molar-refractivity contribution in [3.8, 4) is 0 Å². The molecule has 0 N–H and O–H groups in total. The fourth-order valence-corrected chi connectivity index (χ4v) is 1.26. The molecule has 2 heteroatoms. The van der Waals surface area contributed by atoms with E-state index in [0.29, 0.717) is 5.41 Å². The molecule has 0 spiro atoms. The molecule has 0 rings (SSSR count). The third-order valence-corrected chi connectivity index (χ3v) is 2.01. The van der Waals surface area contributed by atoms with Gasteiger partial charge in [0, 0.05) is 0 Å². The zero-order valence-electron chi connectivity index (χ0n) is 10.1. The Morgan fingerprint density at radius 2 is 1.71 bits per heavy atom. The Morgan fingerprint density at radius 3 is 2.14 bits per heavy atom. The summed E-state index contributed by atoms with van der Waals surface area (Å²) in [5.41, 5.74) is 0.315. The van der Waals surface area contributed by atoms with Gasteiger partial charge >= 0.3 is 100 Å². The fourth-order valence-electron chi connectivity index (χ4n) is 0.956. The maximum absolute atomic E-state index is 5.66. The molecule has 14 heavy (non-hydrogen) atoms. The molecule has 0 fully saturated rings. The second-order valence-corrected chi connectivity index (χ2v) is 8.69. The Kier molecular flexibility index (Phi) is 6.25. The predicted octanol–water partition coefficient (Wildman–Crippen LogP) is 3.67. The van der Waals surface area contributed by atoms with Gasteiger partial charge in [0.05, 0.1) is 0 Å². The molecule has 0 aromatic rings. The van der Waals surface area contributed by atoms with Crippen LogP contribution in [0.2, 0.25) is 0 Å². The number of ether oxygens (including phenoxy) is 1. The van der Waals surface area contributed by atoms with E-state index in [2.05, 4.69) is 46.8 Å². The maximum atomic E-state index is 5.66. The van der Waals surface area contributed by atoms with E-state index in [0.717, 1.165) is 19.4 Å². The molecule has 0 radical (unpaired) electrons. The van der Waals surface area contributed by atoms with Crippen molar-refractivity contribution >= 4 is 0 Å². The molecule has 0 aromatic heterocycles. The molecular formula is C12H23OW. The van der Waals surface area contributed by atoms with E-state index < -0.39 is 0 Å². The summed E-state index contributed by atoms with van der Waals surface area (Å²) in [6, 6.07) is 0. The molecule has 0 unspecified atom stereocenters. The standard InChI is InChI=1S/C12H23O.W/c1-11(2)13-10-8-6-7-9-12(3,4)5;/h7,9H,6,8,10H2,1-5H3;/b9-7-;. The van der Waals surface area contributed by atoms with Crippen LogP contribution in [0.3, 0.4) is 0 Å². The van der Waals surface area contributed by atoms with Crippen molar-refractivity contribution in [2.24, 2.45) is 5.41 Å². The minimum atomic E-state index is 0.0910. The zero-order valence-corrected chi connectivity index (χ0v) is 13.0. The Balaban J connectivity index is 3.44. The number of hydrogen-bond acceptors (Lipinski definition) is 1. The molecule has 0 bridgehead atoms. The van der Waals surface area contributed by atoms with Crippen molar-refractivity contribution in [2.45, 2.75) is 51.5 Å². The van der Waals surface area contributed by atoms with Gasteiger partial charge in [-0.15, -0.1) is 0 Å². The average Bonchev–Trinajstić information content (AvgIpc) is 1.92. The van der Waals surface area contributed by atoms with Crippen molar-refractivity contribution in [3.63, 3.8) is 0 Å². The third-order valence-electron chi connectivity index (χ3n) is 1.58. The van der Waals surface area contributed by atoms with Gasteiger partial charge in [-0.2, -0.15) is 0 Å². The van der Waals surface area contributed by atoms with Crippen molar-refractivity contribution in [2.75, 3.05) is 6.61 Å². The van der Waals surface area contributed by atoms with Gasteiger partial charge in [0.1, 0.15) is 0 Å². The van der Waals surface area contributed by atoms with E-state index in [9.17, 15) is 0 Å². The van der Waals surface area contributed by atoms with Crippen LogP contribution in [0.5, 0.6) is 0 Å². The van der Waals surface area contributed by atoms with Crippen LogP contribution in [-0.2, 0) is 24.6 Å². The molecule has 0 aliphatic rings. The summed E-state index contributed by atoms with van der Waals surface area (Å²) in [6.07, 6.45) is 6.79. The Bertz CT molecular complexity index is 172. The minimum absolute atomic E-state index is 0.0910. The van der Waals surface area contributed by atoms with Crippen LogP contribution in [0.1, 0.15) is 47.5 Å². The molecule has 0 saturated heterocycles. The van der Waals surface area contributed by atoms with E-state index in [1.165, 1.54) is 19.8 Å². The molecular weight excluding hydrogens is 344 g/mol. The van der Waals surface area contributed by atoms with Crippen molar-refractivity contribution < 1.29 is 24.6 Å². The molecule has 1 nitrogen and oxygen atoms in total. The third kappa shape index (κ3) is 12.4. The molecule has 0 aliphatic heterocycles. The monoisotopic (exact) mass is 367 g/mol. The normalized spacial score (nSPS) is 13.8. The zero-order chi connectivity index (χ0) is 11.2. The second kappa shape index (κ2) is 6.08. The molecule has 0 heterocycles. The first-order chi connectivity index (χ1) is 6.21. The van der Waals surface area contributed by atoms with Crippen LogP contribution in [0.25, 0.3) is 0 Å². The van der Waals surface area contributed by atoms with Crippen LogP contribution in [0, 0.1) is 5.41 Å². The number of allylic oxidation sites excluding steroid dienone is 2. The van der Waals surface area contributed by atoms with Gasteiger partial charge in [0.25, 0.3) is 0 Å². The summed E-state index contributed by atoms with van der Waals surface area (Å²) in [4.78, 5) is 0. The summed E-state index contributed by atoms with van der Waals surface area (Å²) in [7, 11) is 0. The van der Waals surface area contributed by atoms with Gasteiger partial charge < -0.3 is 0 Å². The van der Waals surface area contributed by atoms with Crippen LogP contribution < -0.4 is 0 Å². The van der Waals surface area contributed by atoms with Gasteiger partial charge in [-0.05, 0) is 0 Å². The second-order valence-electron chi connectivity index (χ2n) is 5.16. The SMILES string of the molecule is CC(C)(C)/C=C\CCCO[C](C)(C)[W]. The van der Waals surface area contributed by atoms with E-state index in [1.54, 1.807) is 0 Å². The molecule has 0 saturated carbocycles. The Labute approximate surface area is 100 Å². The quantitative estimate of drug-likeness (QED) is 0.532.